The van der Waals surface area contributed by atoms with Gasteiger partial charge in [-0.05, 0) is 6.37 Å². The number of rotatable bonds is 11. The molecule has 44 heavy (non-hydrogen) atoms. The molecule has 2 saturated heterocycles. The van der Waals surface area contributed by atoms with Crippen molar-refractivity contribution >= 4 is 38.5 Å². The molecule has 0 saturated carbocycles. The van der Waals surface area contributed by atoms with Gasteiger partial charge in [0, 0.05) is 20.7 Å². The van der Waals surface area contributed by atoms with Crippen LogP contribution in [-0.4, -0.2) is 117 Å². The van der Waals surface area contributed by atoms with Gasteiger partial charge < -0.3 is 56.1 Å². The first-order chi connectivity index (χ1) is 21.4. The molecule has 0 aromatic carbocycles. The molecule has 0 aliphatic carbocycles. The van der Waals surface area contributed by atoms with Gasteiger partial charge in [-0.15, -0.1) is 0 Å². The zero-order valence-electron chi connectivity index (χ0n) is 24.2. The highest BCUT2D eigenvalue weighted by atomic mass is 31.3. The van der Waals surface area contributed by atoms with Crippen LogP contribution >= 0.6 is 15.6 Å². The largest absolute Gasteiger partial charge is 0.481 e. The number of nitrogens with two attached hydrogens (primary N) is 2. The minimum Gasteiger partial charge on any atom is -0.387 e. The zero-order valence-corrected chi connectivity index (χ0v) is 23.9. The number of phosphoric acid groups is 2. The monoisotopic (exact) mass is 667 g/mol. The van der Waals surface area contributed by atoms with Crippen LogP contribution in [0, 0.1) is 0 Å². The molecule has 23 heteroatoms. The molecule has 0 radical (unpaired) electrons. The van der Waals surface area contributed by atoms with Crippen LogP contribution in [0.3, 0.4) is 0 Å². The lowest BCUT2D eigenvalue weighted by Crippen LogP contribution is -2.40. The Balaban J connectivity index is 1.16. The summed E-state index contributed by atoms with van der Waals surface area (Å²) in [6.45, 7) is -1.90. The van der Waals surface area contributed by atoms with E-state index in [0.29, 0.717) is 0 Å². The Kier molecular flexibility index (Phi) is 8.46. The summed E-state index contributed by atoms with van der Waals surface area (Å²) in [6, 6.07) is 0. The molecule has 2 unspecified atom stereocenters. The van der Waals surface area contributed by atoms with E-state index in [4.69, 9.17) is 28.2 Å². The van der Waals surface area contributed by atoms with Crippen molar-refractivity contribution in [1.29, 1.82) is 0 Å². The van der Waals surface area contributed by atoms with E-state index in [0.717, 1.165) is 29.7 Å². The molecule has 2 aromatic heterocycles. The van der Waals surface area contributed by atoms with Crippen molar-refractivity contribution in [2.24, 2.45) is 5.73 Å². The van der Waals surface area contributed by atoms with E-state index in [-0.39, 0.29) is 17.0 Å². The van der Waals surface area contributed by atoms with Gasteiger partial charge in [0.2, 0.25) is 5.91 Å². The summed E-state index contributed by atoms with van der Waals surface area (Å²) in [7, 11) is -10.8. The lowest BCUT2D eigenvalue weighted by Gasteiger charge is -2.28. The summed E-state index contributed by atoms with van der Waals surface area (Å²) in [5.41, 5.74) is 10.8. The molecule has 2 aromatic rings. The number of primary amides is 1. The van der Waals surface area contributed by atoms with Crippen LogP contribution in [0.25, 0.3) is 11.2 Å². The van der Waals surface area contributed by atoms with Crippen molar-refractivity contribution in [3.63, 3.8) is 0 Å². The molecular weight excluding hydrogens is 636 g/mol. The van der Waals surface area contributed by atoms with E-state index >= 15 is 0 Å². The Morgan fingerprint density at radius 3 is 2.20 bits per heavy atom. The number of anilines is 1. The first-order valence-electron chi connectivity index (χ1n) is 13.5. The molecule has 0 spiro atoms. The van der Waals surface area contributed by atoms with Crippen molar-refractivity contribution in [3.05, 3.63) is 36.7 Å². The van der Waals surface area contributed by atoms with Crippen molar-refractivity contribution in [3.8, 4) is 0 Å². The lowest BCUT2D eigenvalue weighted by molar-refractivity contribution is -0.115. The van der Waals surface area contributed by atoms with Crippen molar-refractivity contribution < 1.29 is 69.7 Å². The third-order valence-electron chi connectivity index (χ3n) is 6.67. The second-order valence-electron chi connectivity index (χ2n) is 9.60. The van der Waals surface area contributed by atoms with E-state index in [1.807, 2.05) is 0 Å². The third-order valence-corrected chi connectivity index (χ3v) is 9.27. The number of phosphoric ester groups is 2. The van der Waals surface area contributed by atoms with Gasteiger partial charge in [0.15, 0.2) is 23.9 Å². The average Bonchev–Trinajstić information content (AvgIpc) is 3.60. The molecule has 3 aliphatic heterocycles. The number of amides is 1. The highest BCUT2D eigenvalue weighted by molar-refractivity contribution is 7.61. The Bertz CT molecular complexity index is 1650. The molecular formula is C21H29N7O14P2. The Labute approximate surface area is 249 Å². The smallest absolute Gasteiger partial charge is 0.387 e. The summed E-state index contributed by atoms with van der Waals surface area (Å²) in [4.78, 5) is 44.6. The molecule has 21 nitrogen and oxygen atoms in total. The fourth-order valence-corrected chi connectivity index (χ4v) is 6.61. The van der Waals surface area contributed by atoms with E-state index in [1.54, 1.807) is 0 Å². The molecule has 3 aliphatic rings. The van der Waals surface area contributed by atoms with E-state index < -0.39 is 95.8 Å². The number of carbonyl (C=O) groups excluding carboxylic acids is 1. The Morgan fingerprint density at radius 1 is 1.00 bits per heavy atom. The average molecular weight is 667 g/mol. The van der Waals surface area contributed by atoms with Crippen molar-refractivity contribution in [2.75, 3.05) is 18.9 Å². The van der Waals surface area contributed by atoms with Gasteiger partial charge in [0.1, 0.15) is 48.5 Å². The van der Waals surface area contributed by atoms with Crippen LogP contribution in [0.15, 0.2) is 36.7 Å². The molecule has 242 valence electrons. The first kappa shape index (κ1) is 29.8. The van der Waals surface area contributed by atoms with Gasteiger partial charge in [-0.1, -0.05) is 6.08 Å². The molecule has 0 bridgehead atoms. The minimum atomic E-state index is -5.43. The van der Waals surface area contributed by atoms with E-state index in [9.17, 15) is 44.1 Å². The Morgan fingerprint density at radius 2 is 1.59 bits per heavy atom. The second kappa shape index (κ2) is 12.5. The van der Waals surface area contributed by atoms with Crippen LogP contribution in [0.1, 0.15) is 15.3 Å². The van der Waals surface area contributed by atoms with Crippen molar-refractivity contribution in [2.45, 2.75) is 55.5 Å². The topological polar surface area (TPSA) is 318 Å². The van der Waals surface area contributed by atoms with Crippen LogP contribution < -0.4 is 11.5 Å². The van der Waals surface area contributed by atoms with Crippen LogP contribution in [0.4, 0.5) is 5.82 Å². The number of nitrogen functional groups attached to an aromatic ring is 1. The predicted octanol–water partition coefficient (Wildman–Crippen LogP) is -2.69. The number of carbonyl (C=O) groups is 1. The maximum Gasteiger partial charge on any atom is 0.481 e. The highest BCUT2D eigenvalue weighted by Crippen LogP contribution is 2.60. The number of allylic oxidation sites excluding steroid dienone is 1. The fourth-order valence-electron chi connectivity index (χ4n) is 4.51. The van der Waals surface area contributed by atoms with Gasteiger partial charge in [0.05, 0.1) is 19.5 Å². The fraction of sp³-hybridized carbons (Fsp3) is 0.524. The van der Waals surface area contributed by atoms with Gasteiger partial charge in [-0.25, -0.2) is 24.1 Å². The summed E-state index contributed by atoms with van der Waals surface area (Å²) >= 11 is 0. The Hall–Kier alpha value is -2.88. The van der Waals surface area contributed by atoms with E-state index in [2.05, 4.69) is 23.8 Å². The number of aliphatic hydroxyl groups is 4. The number of aromatic nitrogens is 4. The summed E-state index contributed by atoms with van der Waals surface area (Å²) < 4.78 is 66.4. The van der Waals surface area contributed by atoms with E-state index in [1.165, 1.54) is 10.9 Å². The second-order valence-corrected chi connectivity index (χ2v) is 12.6. The maximum atomic E-state index is 12.4. The number of hydrogen-bond acceptors (Lipinski definition) is 17. The van der Waals surface area contributed by atoms with Gasteiger partial charge in [-0.2, -0.15) is 4.31 Å². The molecule has 10 atom stereocenters. The number of fused-ring (bicyclic) bond motifs is 1. The molecule has 2 fully saturated rings. The zero-order chi connectivity index (χ0) is 33.8. The van der Waals surface area contributed by atoms with Crippen LogP contribution in [-0.2, 0) is 36.8 Å². The summed E-state index contributed by atoms with van der Waals surface area (Å²) in [5, 5.41) is 41.7. The number of hydrogen-bond donors (Lipinski definition) is 8. The quantitative estimate of drug-likeness (QED) is 0.113. The molecule has 5 rings (SSSR count). The lowest BCUT2D eigenvalue weighted by atomic mass is 10.1. The number of ether oxygens (including phenoxy) is 2. The van der Waals surface area contributed by atoms with Crippen LogP contribution in [0.2, 0.25) is 0 Å². The summed E-state index contributed by atoms with van der Waals surface area (Å²) in [5.74, 6) is -1.06. The van der Waals surface area contributed by atoms with Gasteiger partial charge >= 0.3 is 15.6 Å². The predicted molar refractivity (Wildman–Crippen MR) is 142 cm³/mol. The standard InChI is InChI=1S/C21H29N7O14P2/c22-17-12-19(25-7-24-17)28(8-26-12)21-16(32)14(30)11(41-21)6-39-44(36,37)42-43(34,35)38-5-10-13(29)15(31)20(40-10)27-3-1-2-9(4-27)18(23)33/h1,3-4,7-8,10-11,13-16,20-21,29-32H,2,5-6H2,(H2,23,33)(H,34,35)(H,36,37)(H2,22,24,25)/t10-,11-,13-,14-,15-,16-,20-,21-/m1/s1/i2D2. The maximum absolute atomic E-state index is 12.4. The van der Waals surface area contributed by atoms with Gasteiger partial charge in [-0.3, -0.25) is 18.4 Å². The third kappa shape index (κ3) is 6.70. The number of aliphatic hydroxyl groups excluding tert-OH is 4. The SMILES string of the molecule is [2H]C1([2H])C=CN([C@@H]2O[C@H](COP(=O)(O)OP(=O)(O)OC[C@H]3O[C@@H](n4cnc5c(N)ncnc54)[C@H](O)[C@@H]3O)[C@@H](O)[C@H]2O)C=C1C(N)=O. The van der Waals surface area contributed by atoms with Crippen molar-refractivity contribution in [1.82, 2.24) is 24.4 Å². The minimum absolute atomic E-state index is 0.0384. The molecule has 10 N–H and O–H groups in total. The first-order valence-corrected chi connectivity index (χ1v) is 15.5. The highest BCUT2D eigenvalue weighted by Gasteiger charge is 2.48. The number of nitrogens with zero attached hydrogens (tertiary/aromatic N) is 5. The molecule has 1 amide bonds. The van der Waals surface area contributed by atoms with Gasteiger partial charge in [0.25, 0.3) is 0 Å². The molecule has 5 heterocycles. The summed E-state index contributed by atoms with van der Waals surface area (Å²) in [6.07, 6.45) is -9.31. The van der Waals surface area contributed by atoms with Crippen LogP contribution in [0.5, 0.6) is 0 Å². The normalized spacial score (nSPS) is 35.1. The number of imidazole rings is 1.